The first-order chi connectivity index (χ1) is 7.66. The van der Waals surface area contributed by atoms with Gasteiger partial charge in [-0.25, -0.2) is 0 Å². The number of rotatable bonds is 4. The maximum atomic E-state index is 5.77. The Morgan fingerprint density at radius 3 is 2.88 bits per heavy atom. The van der Waals surface area contributed by atoms with E-state index in [4.69, 9.17) is 10.2 Å². The second kappa shape index (κ2) is 4.68. The molecule has 0 saturated carbocycles. The van der Waals surface area contributed by atoms with Gasteiger partial charge in [0.15, 0.2) is 0 Å². The van der Waals surface area contributed by atoms with Crippen LogP contribution in [-0.2, 0) is 6.54 Å². The molecule has 0 amide bonds. The molecule has 86 valence electrons. The van der Waals surface area contributed by atoms with E-state index in [1.165, 1.54) is 10.9 Å². The molecule has 1 unspecified atom stereocenters. The van der Waals surface area contributed by atoms with Gasteiger partial charge < -0.3 is 15.1 Å². The molecule has 2 N–H and O–H groups in total. The molecule has 0 bridgehead atoms. The Morgan fingerprint density at radius 1 is 1.38 bits per heavy atom. The Hall–Kier alpha value is -1.32. The predicted octanol–water partition coefficient (Wildman–Crippen LogP) is 2.21. The van der Waals surface area contributed by atoms with E-state index in [9.17, 15) is 0 Å². The molecule has 0 aliphatic rings. The van der Waals surface area contributed by atoms with Crippen molar-refractivity contribution in [2.45, 2.75) is 19.5 Å². The van der Waals surface area contributed by atoms with Crippen molar-refractivity contribution in [2.24, 2.45) is 5.73 Å². The molecule has 3 heteroatoms. The van der Waals surface area contributed by atoms with Crippen molar-refractivity contribution in [3.05, 3.63) is 36.1 Å². The van der Waals surface area contributed by atoms with Gasteiger partial charge in [-0.3, -0.25) is 0 Å². The Balaban J connectivity index is 2.15. The Kier molecular flexibility index (Phi) is 3.27. The summed E-state index contributed by atoms with van der Waals surface area (Å²) in [5.74, 6) is 0. The van der Waals surface area contributed by atoms with E-state index < -0.39 is 0 Å². The van der Waals surface area contributed by atoms with Crippen molar-refractivity contribution in [1.29, 1.82) is 0 Å². The minimum atomic E-state index is 0.197. The second-order valence-corrected chi connectivity index (χ2v) is 4.43. The molecule has 1 aromatic carbocycles. The zero-order valence-electron chi connectivity index (χ0n) is 9.81. The SMILES string of the molecule is CC(N)CN(C)Cc1coc2ccccc12. The van der Waals surface area contributed by atoms with Gasteiger partial charge in [0.05, 0.1) is 6.26 Å². The van der Waals surface area contributed by atoms with E-state index in [0.29, 0.717) is 0 Å². The molecular weight excluding hydrogens is 200 g/mol. The number of benzene rings is 1. The number of fused-ring (bicyclic) bond motifs is 1. The highest BCUT2D eigenvalue weighted by atomic mass is 16.3. The topological polar surface area (TPSA) is 42.4 Å². The molecular formula is C13H18N2O. The normalized spacial score (nSPS) is 13.5. The molecule has 3 nitrogen and oxygen atoms in total. The van der Waals surface area contributed by atoms with Crippen LogP contribution in [0.2, 0.25) is 0 Å². The maximum Gasteiger partial charge on any atom is 0.134 e. The molecule has 1 aromatic heterocycles. The van der Waals surface area contributed by atoms with Gasteiger partial charge in [0.1, 0.15) is 5.58 Å². The average Bonchev–Trinajstić information content (AvgIpc) is 2.61. The van der Waals surface area contributed by atoms with Crippen molar-refractivity contribution >= 4 is 11.0 Å². The Bertz CT molecular complexity index is 462. The van der Waals surface area contributed by atoms with E-state index in [1.54, 1.807) is 0 Å². The van der Waals surface area contributed by atoms with Crippen LogP contribution in [-0.4, -0.2) is 24.5 Å². The molecule has 0 aliphatic heterocycles. The zero-order valence-corrected chi connectivity index (χ0v) is 9.81. The third-order valence-electron chi connectivity index (χ3n) is 2.60. The standard InChI is InChI=1S/C13H18N2O/c1-10(14)7-15(2)8-11-9-16-13-6-4-3-5-12(11)13/h3-6,9-10H,7-8,14H2,1-2H3. The second-order valence-electron chi connectivity index (χ2n) is 4.43. The first-order valence-corrected chi connectivity index (χ1v) is 5.56. The lowest BCUT2D eigenvalue weighted by atomic mass is 10.1. The van der Waals surface area contributed by atoms with Crippen LogP contribution in [0.15, 0.2) is 34.9 Å². The van der Waals surface area contributed by atoms with Crippen LogP contribution >= 0.6 is 0 Å². The quantitative estimate of drug-likeness (QED) is 0.855. The van der Waals surface area contributed by atoms with Crippen LogP contribution in [0.5, 0.6) is 0 Å². The minimum Gasteiger partial charge on any atom is -0.464 e. The van der Waals surface area contributed by atoms with Gasteiger partial charge in [0.25, 0.3) is 0 Å². The number of hydrogen-bond donors (Lipinski definition) is 1. The van der Waals surface area contributed by atoms with Crippen LogP contribution in [0.1, 0.15) is 12.5 Å². The highest BCUT2D eigenvalue weighted by Gasteiger charge is 2.08. The van der Waals surface area contributed by atoms with Gasteiger partial charge in [-0.15, -0.1) is 0 Å². The summed E-state index contributed by atoms with van der Waals surface area (Å²) in [4.78, 5) is 2.21. The fraction of sp³-hybridized carbons (Fsp3) is 0.385. The average molecular weight is 218 g/mol. The van der Waals surface area contributed by atoms with Crippen LogP contribution in [0.3, 0.4) is 0 Å². The maximum absolute atomic E-state index is 5.77. The molecule has 2 rings (SSSR count). The largest absolute Gasteiger partial charge is 0.464 e. The van der Waals surface area contributed by atoms with Gasteiger partial charge in [-0.1, -0.05) is 18.2 Å². The summed E-state index contributed by atoms with van der Waals surface area (Å²) in [6.07, 6.45) is 1.84. The minimum absolute atomic E-state index is 0.197. The number of furan rings is 1. The number of nitrogens with two attached hydrogens (primary N) is 1. The summed E-state index contributed by atoms with van der Waals surface area (Å²) in [5.41, 5.74) is 7.94. The van der Waals surface area contributed by atoms with Gasteiger partial charge in [0.2, 0.25) is 0 Å². The lowest BCUT2D eigenvalue weighted by molar-refractivity contribution is 0.310. The van der Waals surface area contributed by atoms with Gasteiger partial charge >= 0.3 is 0 Å². The van der Waals surface area contributed by atoms with E-state index >= 15 is 0 Å². The smallest absolute Gasteiger partial charge is 0.134 e. The van der Waals surface area contributed by atoms with E-state index in [-0.39, 0.29) is 6.04 Å². The highest BCUT2D eigenvalue weighted by molar-refractivity contribution is 5.80. The zero-order chi connectivity index (χ0) is 11.5. The van der Waals surface area contributed by atoms with Crippen molar-refractivity contribution < 1.29 is 4.42 Å². The summed E-state index contributed by atoms with van der Waals surface area (Å²) in [5, 5.41) is 1.19. The summed E-state index contributed by atoms with van der Waals surface area (Å²) in [7, 11) is 2.07. The summed E-state index contributed by atoms with van der Waals surface area (Å²) >= 11 is 0. The van der Waals surface area contributed by atoms with Crippen molar-refractivity contribution in [3.8, 4) is 0 Å². The fourth-order valence-corrected chi connectivity index (χ4v) is 2.00. The molecule has 0 fully saturated rings. The number of nitrogens with zero attached hydrogens (tertiary/aromatic N) is 1. The molecule has 2 aromatic rings. The monoisotopic (exact) mass is 218 g/mol. The molecule has 0 radical (unpaired) electrons. The van der Waals surface area contributed by atoms with Crippen LogP contribution in [0, 0.1) is 0 Å². The van der Waals surface area contributed by atoms with E-state index in [1.807, 2.05) is 31.4 Å². The Morgan fingerprint density at radius 2 is 2.12 bits per heavy atom. The summed E-state index contributed by atoms with van der Waals surface area (Å²) in [6.45, 7) is 3.78. The lowest BCUT2D eigenvalue weighted by Gasteiger charge is -2.17. The number of para-hydroxylation sites is 1. The van der Waals surface area contributed by atoms with E-state index in [2.05, 4.69) is 18.0 Å². The van der Waals surface area contributed by atoms with Crippen molar-refractivity contribution in [2.75, 3.05) is 13.6 Å². The first-order valence-electron chi connectivity index (χ1n) is 5.56. The third kappa shape index (κ3) is 2.43. The summed E-state index contributed by atoms with van der Waals surface area (Å²) in [6, 6.07) is 8.30. The first kappa shape index (κ1) is 11.2. The molecule has 0 spiro atoms. The van der Waals surface area contributed by atoms with Gasteiger partial charge in [-0.05, 0) is 20.0 Å². The molecule has 1 heterocycles. The van der Waals surface area contributed by atoms with Crippen LogP contribution in [0.4, 0.5) is 0 Å². The molecule has 0 aliphatic carbocycles. The van der Waals surface area contributed by atoms with Crippen LogP contribution < -0.4 is 5.73 Å². The van der Waals surface area contributed by atoms with E-state index in [0.717, 1.165) is 18.7 Å². The Labute approximate surface area is 95.8 Å². The van der Waals surface area contributed by atoms with Gasteiger partial charge in [-0.2, -0.15) is 0 Å². The lowest BCUT2D eigenvalue weighted by Crippen LogP contribution is -2.32. The van der Waals surface area contributed by atoms with Crippen molar-refractivity contribution in [1.82, 2.24) is 4.90 Å². The highest BCUT2D eigenvalue weighted by Crippen LogP contribution is 2.21. The molecule has 0 saturated heterocycles. The van der Waals surface area contributed by atoms with Crippen LogP contribution in [0.25, 0.3) is 11.0 Å². The predicted molar refractivity (Wildman–Crippen MR) is 66.2 cm³/mol. The molecule has 16 heavy (non-hydrogen) atoms. The third-order valence-corrected chi connectivity index (χ3v) is 2.60. The van der Waals surface area contributed by atoms with Crippen molar-refractivity contribution in [3.63, 3.8) is 0 Å². The van der Waals surface area contributed by atoms with Gasteiger partial charge in [0, 0.05) is 30.1 Å². The number of hydrogen-bond acceptors (Lipinski definition) is 3. The summed E-state index contributed by atoms with van der Waals surface area (Å²) < 4.78 is 5.50. The molecule has 1 atom stereocenters. The fourth-order valence-electron chi connectivity index (χ4n) is 2.00. The number of likely N-dealkylation sites (N-methyl/N-ethyl adjacent to an activating group) is 1.